The highest BCUT2D eigenvalue weighted by Crippen LogP contribution is 2.27. The quantitative estimate of drug-likeness (QED) is 0.745. The molecule has 6 heteroatoms. The SMILES string of the molecule is O=S(=O)(Cl)c1cc(Cl)ccc1Br. The monoisotopic (exact) mass is 288 g/mol. The van der Waals surface area contributed by atoms with Crippen LogP contribution >= 0.6 is 38.2 Å². The molecule has 0 heterocycles. The van der Waals surface area contributed by atoms with E-state index >= 15 is 0 Å². The summed E-state index contributed by atoms with van der Waals surface area (Å²) < 4.78 is 22.2. The lowest BCUT2D eigenvalue weighted by Crippen LogP contribution is -1.91. The molecule has 0 aliphatic rings. The Balaban J connectivity index is 3.43. The van der Waals surface area contributed by atoms with Crippen molar-refractivity contribution in [1.29, 1.82) is 0 Å². The van der Waals surface area contributed by atoms with Gasteiger partial charge >= 0.3 is 0 Å². The van der Waals surface area contributed by atoms with E-state index in [9.17, 15) is 8.42 Å². The van der Waals surface area contributed by atoms with E-state index in [1.807, 2.05) is 0 Å². The van der Waals surface area contributed by atoms with Crippen LogP contribution in [0.3, 0.4) is 0 Å². The van der Waals surface area contributed by atoms with Crippen molar-refractivity contribution in [3.8, 4) is 0 Å². The van der Waals surface area contributed by atoms with Crippen LogP contribution in [-0.2, 0) is 9.05 Å². The van der Waals surface area contributed by atoms with Gasteiger partial charge < -0.3 is 0 Å². The fourth-order valence-electron chi connectivity index (χ4n) is 0.664. The van der Waals surface area contributed by atoms with Crippen LogP contribution in [0.4, 0.5) is 0 Å². The van der Waals surface area contributed by atoms with Gasteiger partial charge in [0.15, 0.2) is 0 Å². The Morgan fingerprint density at radius 1 is 1.33 bits per heavy atom. The average molecular weight is 290 g/mol. The molecule has 2 nitrogen and oxygen atoms in total. The highest BCUT2D eigenvalue weighted by molar-refractivity contribution is 9.10. The van der Waals surface area contributed by atoms with Gasteiger partial charge in [-0.1, -0.05) is 11.6 Å². The second-order valence-corrected chi connectivity index (χ2v) is 5.84. The van der Waals surface area contributed by atoms with Crippen LogP contribution in [0.1, 0.15) is 0 Å². The summed E-state index contributed by atoms with van der Waals surface area (Å²) in [6.45, 7) is 0. The largest absolute Gasteiger partial charge is 0.262 e. The first-order chi connectivity index (χ1) is 5.41. The molecule has 66 valence electrons. The van der Waals surface area contributed by atoms with Gasteiger partial charge in [-0.2, -0.15) is 0 Å². The first-order valence-corrected chi connectivity index (χ1v) is 6.29. The summed E-state index contributed by atoms with van der Waals surface area (Å²) in [6.07, 6.45) is 0. The van der Waals surface area contributed by atoms with Crippen LogP contribution in [0, 0.1) is 0 Å². The predicted octanol–water partition coefficient (Wildman–Crippen LogP) is 3.03. The van der Waals surface area contributed by atoms with Crippen molar-refractivity contribution in [1.82, 2.24) is 0 Å². The smallest absolute Gasteiger partial charge is 0.207 e. The minimum atomic E-state index is -3.72. The van der Waals surface area contributed by atoms with Gasteiger partial charge in [0.25, 0.3) is 9.05 Å². The van der Waals surface area contributed by atoms with Crippen molar-refractivity contribution in [3.63, 3.8) is 0 Å². The molecule has 12 heavy (non-hydrogen) atoms. The van der Waals surface area contributed by atoms with Gasteiger partial charge in [-0.25, -0.2) is 8.42 Å². The summed E-state index contributed by atoms with van der Waals surface area (Å²) in [4.78, 5) is -0.0170. The Hall–Kier alpha value is 0.230. The first kappa shape index (κ1) is 10.3. The van der Waals surface area contributed by atoms with Crippen molar-refractivity contribution < 1.29 is 8.42 Å². The summed E-state index contributed by atoms with van der Waals surface area (Å²) >= 11 is 8.62. The Labute approximate surface area is 88.0 Å². The number of hydrogen-bond acceptors (Lipinski definition) is 2. The number of benzene rings is 1. The fraction of sp³-hybridized carbons (Fsp3) is 0. The van der Waals surface area contributed by atoms with Gasteiger partial charge in [-0.3, -0.25) is 0 Å². The number of halogens is 3. The molecule has 0 unspecified atom stereocenters. The summed E-state index contributed by atoms with van der Waals surface area (Å²) in [5.74, 6) is 0. The Morgan fingerprint density at radius 3 is 2.33 bits per heavy atom. The lowest BCUT2D eigenvalue weighted by atomic mass is 10.4. The van der Waals surface area contributed by atoms with E-state index in [4.69, 9.17) is 22.3 Å². The highest BCUT2D eigenvalue weighted by Gasteiger charge is 2.14. The van der Waals surface area contributed by atoms with E-state index in [1.54, 1.807) is 6.07 Å². The molecule has 0 saturated carbocycles. The Morgan fingerprint density at radius 2 is 1.92 bits per heavy atom. The zero-order chi connectivity index (χ0) is 9.35. The Kier molecular flexibility index (Phi) is 3.04. The van der Waals surface area contributed by atoms with E-state index in [-0.39, 0.29) is 4.90 Å². The summed E-state index contributed by atoms with van der Waals surface area (Å²) in [6, 6.07) is 4.38. The molecular formula is C6H3BrCl2O2S. The molecule has 0 fully saturated rings. The van der Waals surface area contributed by atoms with Crippen LogP contribution in [0.25, 0.3) is 0 Å². The maximum Gasteiger partial charge on any atom is 0.262 e. The third-order valence-corrected chi connectivity index (χ3v) is 3.71. The van der Waals surface area contributed by atoms with Gasteiger partial charge in [-0.05, 0) is 34.1 Å². The van der Waals surface area contributed by atoms with E-state index in [2.05, 4.69) is 15.9 Å². The first-order valence-electron chi connectivity index (χ1n) is 2.81. The molecule has 0 amide bonds. The average Bonchev–Trinajstić information content (AvgIpc) is 1.92. The minimum absolute atomic E-state index is 0.0170. The molecule has 0 aliphatic carbocycles. The van der Waals surface area contributed by atoms with Gasteiger partial charge in [0.1, 0.15) is 0 Å². The van der Waals surface area contributed by atoms with Gasteiger partial charge in [0.05, 0.1) is 4.90 Å². The number of hydrogen-bond donors (Lipinski definition) is 0. The van der Waals surface area contributed by atoms with E-state index < -0.39 is 9.05 Å². The van der Waals surface area contributed by atoms with Gasteiger partial charge in [0, 0.05) is 20.2 Å². The molecule has 1 aromatic carbocycles. The van der Waals surface area contributed by atoms with Crippen LogP contribution < -0.4 is 0 Å². The van der Waals surface area contributed by atoms with Crippen molar-refractivity contribution in [3.05, 3.63) is 27.7 Å². The predicted molar refractivity (Wildman–Crippen MR) is 52.2 cm³/mol. The fourth-order valence-corrected chi connectivity index (χ4v) is 3.02. The Bertz CT molecular complexity index is 402. The summed E-state index contributed by atoms with van der Waals surface area (Å²) in [5.41, 5.74) is 0. The van der Waals surface area contributed by atoms with Crippen LogP contribution in [0.5, 0.6) is 0 Å². The van der Waals surface area contributed by atoms with Crippen molar-refractivity contribution >= 4 is 47.3 Å². The molecule has 0 radical (unpaired) electrons. The normalized spacial score (nSPS) is 11.6. The highest BCUT2D eigenvalue weighted by atomic mass is 79.9. The molecule has 0 aromatic heterocycles. The molecule has 0 atom stereocenters. The van der Waals surface area contributed by atoms with Crippen molar-refractivity contribution in [2.75, 3.05) is 0 Å². The van der Waals surface area contributed by atoms with E-state index in [0.29, 0.717) is 9.50 Å². The lowest BCUT2D eigenvalue weighted by Gasteiger charge is -1.99. The number of rotatable bonds is 1. The lowest BCUT2D eigenvalue weighted by molar-refractivity contribution is 0.609. The van der Waals surface area contributed by atoms with E-state index in [1.165, 1.54) is 12.1 Å². The minimum Gasteiger partial charge on any atom is -0.207 e. The molecule has 1 aromatic rings. The summed E-state index contributed by atoms with van der Waals surface area (Å²) in [7, 11) is 1.40. The molecule has 0 spiro atoms. The van der Waals surface area contributed by atoms with Crippen molar-refractivity contribution in [2.24, 2.45) is 0 Å². The second kappa shape index (κ2) is 3.54. The molecular weight excluding hydrogens is 287 g/mol. The maximum atomic E-state index is 10.9. The van der Waals surface area contributed by atoms with Gasteiger partial charge in [-0.15, -0.1) is 0 Å². The van der Waals surface area contributed by atoms with Crippen molar-refractivity contribution in [2.45, 2.75) is 4.90 Å². The molecule has 0 N–H and O–H groups in total. The topological polar surface area (TPSA) is 34.1 Å². The molecule has 1 rings (SSSR count). The van der Waals surface area contributed by atoms with Crippen LogP contribution in [0.2, 0.25) is 5.02 Å². The summed E-state index contributed by atoms with van der Waals surface area (Å²) in [5, 5.41) is 0.331. The van der Waals surface area contributed by atoms with E-state index in [0.717, 1.165) is 0 Å². The van der Waals surface area contributed by atoms with Crippen LogP contribution in [0.15, 0.2) is 27.6 Å². The second-order valence-electron chi connectivity index (χ2n) is 2.01. The zero-order valence-corrected chi connectivity index (χ0v) is 9.51. The maximum absolute atomic E-state index is 10.9. The standard InChI is InChI=1S/C6H3BrCl2O2S/c7-5-2-1-4(8)3-6(5)12(9,10)11/h1-3H. The molecule has 0 aliphatic heterocycles. The third-order valence-electron chi connectivity index (χ3n) is 1.16. The molecule has 0 bridgehead atoms. The van der Waals surface area contributed by atoms with Crippen LogP contribution in [-0.4, -0.2) is 8.42 Å². The third kappa shape index (κ3) is 2.36. The van der Waals surface area contributed by atoms with Gasteiger partial charge in [0.2, 0.25) is 0 Å². The molecule has 0 saturated heterocycles. The zero-order valence-electron chi connectivity index (χ0n) is 5.59.